The van der Waals surface area contributed by atoms with E-state index >= 15 is 0 Å². The first-order valence-electron chi connectivity index (χ1n) is 9.11. The fraction of sp³-hybridized carbons (Fsp3) is 0.333. The molecule has 3 aromatic rings. The van der Waals surface area contributed by atoms with Crippen LogP contribution in [0.3, 0.4) is 0 Å². The first-order chi connectivity index (χ1) is 12.7. The lowest BCUT2D eigenvalue weighted by Crippen LogP contribution is -2.24. The van der Waals surface area contributed by atoms with E-state index in [-0.39, 0.29) is 0 Å². The molecule has 2 aromatic heterocycles. The number of likely N-dealkylation sites (tertiary alicyclic amines) is 1. The van der Waals surface area contributed by atoms with E-state index in [0.717, 1.165) is 28.6 Å². The third-order valence-electron chi connectivity index (χ3n) is 4.69. The highest BCUT2D eigenvalue weighted by Crippen LogP contribution is 2.20. The highest BCUT2D eigenvalue weighted by atomic mass is 16.1. The number of pyridine rings is 1. The van der Waals surface area contributed by atoms with Crippen LogP contribution in [0, 0.1) is 0 Å². The molecule has 1 saturated heterocycles. The molecule has 1 aromatic carbocycles. The highest BCUT2D eigenvalue weighted by molar-refractivity contribution is 5.85. The van der Waals surface area contributed by atoms with Crippen LogP contribution in [0.15, 0.2) is 48.8 Å². The summed E-state index contributed by atoms with van der Waals surface area (Å²) in [5.41, 5.74) is 9.17. The Kier molecular flexibility index (Phi) is 6.15. The molecule has 0 bridgehead atoms. The summed E-state index contributed by atoms with van der Waals surface area (Å²) in [5, 5.41) is 0.947. The van der Waals surface area contributed by atoms with Gasteiger partial charge in [0.2, 0.25) is 0 Å². The van der Waals surface area contributed by atoms with E-state index < -0.39 is 0 Å². The van der Waals surface area contributed by atoms with Crippen LogP contribution in [-0.4, -0.2) is 40.9 Å². The monoisotopic (exact) mass is 350 g/mol. The molecule has 5 heteroatoms. The summed E-state index contributed by atoms with van der Waals surface area (Å²) in [4.78, 5) is 17.5. The number of fused-ring (bicyclic) bond motifs is 1. The third kappa shape index (κ3) is 4.36. The van der Waals surface area contributed by atoms with Gasteiger partial charge in [-0.05, 0) is 62.8 Å². The molecule has 1 aliphatic heterocycles. The molecule has 2 N–H and O–H groups in total. The Hall–Kier alpha value is -2.50. The van der Waals surface area contributed by atoms with Gasteiger partial charge in [0.15, 0.2) is 6.29 Å². The van der Waals surface area contributed by atoms with Gasteiger partial charge < -0.3 is 15.2 Å². The molecule has 4 rings (SSSR count). The number of hydrogen-bond acceptors (Lipinski definition) is 4. The number of aldehydes is 1. The minimum atomic E-state index is 0.510. The second-order valence-electron chi connectivity index (χ2n) is 6.72. The largest absolute Gasteiger partial charge is 0.326 e. The predicted molar refractivity (Wildman–Crippen MR) is 106 cm³/mol. The number of aromatic nitrogens is 2. The average Bonchev–Trinajstić information content (AvgIpc) is 3.12. The van der Waals surface area contributed by atoms with Gasteiger partial charge in [-0.15, -0.1) is 0 Å². The Morgan fingerprint density at radius 2 is 1.96 bits per heavy atom. The average molecular weight is 350 g/mol. The lowest BCUT2D eigenvalue weighted by atomic mass is 10.1. The van der Waals surface area contributed by atoms with Crippen LogP contribution in [0.5, 0.6) is 0 Å². The summed E-state index contributed by atoms with van der Waals surface area (Å²) in [6.07, 6.45) is 8.61. The van der Waals surface area contributed by atoms with Crippen LogP contribution < -0.4 is 5.73 Å². The van der Waals surface area contributed by atoms with Gasteiger partial charge in [0.25, 0.3) is 0 Å². The number of benzene rings is 1. The van der Waals surface area contributed by atoms with E-state index in [9.17, 15) is 4.79 Å². The van der Waals surface area contributed by atoms with Crippen LogP contribution in [0.2, 0.25) is 0 Å². The number of nitrogens with zero attached hydrogens (tertiary/aromatic N) is 3. The molecular formula is C21H26N4O. The van der Waals surface area contributed by atoms with Gasteiger partial charge in [0, 0.05) is 35.6 Å². The molecule has 0 atom stereocenters. The van der Waals surface area contributed by atoms with Gasteiger partial charge in [-0.3, -0.25) is 4.79 Å². The van der Waals surface area contributed by atoms with E-state index in [1.807, 2.05) is 47.2 Å². The number of carbonyl (C=O) groups excluding carboxylic acids is 1. The van der Waals surface area contributed by atoms with Crippen molar-refractivity contribution in [2.75, 3.05) is 20.1 Å². The smallest absolute Gasteiger partial charge is 0.151 e. The van der Waals surface area contributed by atoms with Crippen LogP contribution >= 0.6 is 0 Å². The van der Waals surface area contributed by atoms with Crippen LogP contribution in [0.25, 0.3) is 16.7 Å². The Morgan fingerprint density at radius 3 is 2.62 bits per heavy atom. The molecule has 26 heavy (non-hydrogen) atoms. The topological polar surface area (TPSA) is 64.2 Å². The maximum atomic E-state index is 10.7. The Bertz CT molecular complexity index is 865. The van der Waals surface area contributed by atoms with Crippen molar-refractivity contribution in [1.29, 1.82) is 0 Å². The van der Waals surface area contributed by atoms with Gasteiger partial charge in [-0.2, -0.15) is 0 Å². The van der Waals surface area contributed by atoms with Gasteiger partial charge in [-0.25, -0.2) is 4.98 Å². The predicted octanol–water partition coefficient (Wildman–Crippen LogP) is 3.40. The number of nitrogens with two attached hydrogens (primary N) is 1. The van der Waals surface area contributed by atoms with Crippen molar-refractivity contribution in [3.05, 3.63) is 59.9 Å². The van der Waals surface area contributed by atoms with Crippen LogP contribution in [0.4, 0.5) is 0 Å². The minimum absolute atomic E-state index is 0.510. The molecule has 0 aliphatic carbocycles. The maximum absolute atomic E-state index is 10.7. The highest BCUT2D eigenvalue weighted by Gasteiger charge is 2.06. The molecule has 1 aliphatic rings. The van der Waals surface area contributed by atoms with Crippen LogP contribution in [0.1, 0.15) is 35.2 Å². The van der Waals surface area contributed by atoms with E-state index in [4.69, 9.17) is 5.73 Å². The van der Waals surface area contributed by atoms with Crippen molar-refractivity contribution in [2.24, 2.45) is 5.73 Å². The quantitative estimate of drug-likeness (QED) is 0.735. The number of piperidine rings is 1. The van der Waals surface area contributed by atoms with Gasteiger partial charge in [0.1, 0.15) is 5.65 Å². The van der Waals surface area contributed by atoms with E-state index in [0.29, 0.717) is 12.1 Å². The molecule has 1 fully saturated rings. The van der Waals surface area contributed by atoms with Gasteiger partial charge in [-0.1, -0.05) is 18.6 Å². The first kappa shape index (κ1) is 18.3. The Labute approximate surface area is 154 Å². The van der Waals surface area contributed by atoms with E-state index in [1.165, 1.54) is 32.4 Å². The second-order valence-corrected chi connectivity index (χ2v) is 6.72. The van der Waals surface area contributed by atoms with Crippen molar-refractivity contribution in [3.63, 3.8) is 0 Å². The van der Waals surface area contributed by atoms with Crippen molar-refractivity contribution in [2.45, 2.75) is 25.8 Å². The fourth-order valence-corrected chi connectivity index (χ4v) is 3.20. The molecule has 0 saturated carbocycles. The summed E-state index contributed by atoms with van der Waals surface area (Å²) >= 11 is 0. The lowest BCUT2D eigenvalue weighted by Gasteiger charge is -2.20. The summed E-state index contributed by atoms with van der Waals surface area (Å²) in [6, 6.07) is 11.8. The van der Waals surface area contributed by atoms with Gasteiger partial charge >= 0.3 is 0 Å². The van der Waals surface area contributed by atoms with Gasteiger partial charge in [0.05, 0.1) is 0 Å². The first-order valence-corrected chi connectivity index (χ1v) is 9.11. The summed E-state index contributed by atoms with van der Waals surface area (Å²) in [5.74, 6) is 0. The minimum Gasteiger partial charge on any atom is -0.326 e. The third-order valence-corrected chi connectivity index (χ3v) is 4.69. The zero-order valence-corrected chi connectivity index (χ0v) is 15.3. The summed E-state index contributed by atoms with van der Waals surface area (Å²) in [6.45, 7) is 3.15. The van der Waals surface area contributed by atoms with Crippen molar-refractivity contribution < 1.29 is 4.79 Å². The molecule has 0 spiro atoms. The molecule has 136 valence electrons. The molecule has 0 amide bonds. The number of hydrogen-bond donors (Lipinski definition) is 1. The second kappa shape index (κ2) is 8.74. The van der Waals surface area contributed by atoms with Crippen LogP contribution in [-0.2, 0) is 6.54 Å². The molecule has 0 radical (unpaired) electrons. The van der Waals surface area contributed by atoms with E-state index in [1.54, 1.807) is 6.20 Å². The number of rotatable bonds is 3. The Balaban J connectivity index is 0.000000236. The molecule has 5 nitrogen and oxygen atoms in total. The van der Waals surface area contributed by atoms with Crippen molar-refractivity contribution >= 4 is 17.3 Å². The van der Waals surface area contributed by atoms with Crippen molar-refractivity contribution in [1.82, 2.24) is 14.5 Å². The number of carbonyl (C=O) groups is 1. The summed E-state index contributed by atoms with van der Waals surface area (Å²) < 4.78 is 1.99. The molecular weight excluding hydrogens is 324 g/mol. The fourth-order valence-electron chi connectivity index (χ4n) is 3.20. The SMILES string of the molecule is CN1CCCCC1.NCc1cccc(-n2ccc3cc(C=O)cnc32)c1. The zero-order valence-electron chi connectivity index (χ0n) is 15.3. The summed E-state index contributed by atoms with van der Waals surface area (Å²) in [7, 11) is 2.19. The molecule has 3 heterocycles. The van der Waals surface area contributed by atoms with E-state index in [2.05, 4.69) is 16.9 Å². The lowest BCUT2D eigenvalue weighted by molar-refractivity contribution is 0.112. The normalized spacial score (nSPS) is 14.7. The maximum Gasteiger partial charge on any atom is 0.151 e. The Morgan fingerprint density at radius 1 is 1.15 bits per heavy atom. The van der Waals surface area contributed by atoms with Crippen molar-refractivity contribution in [3.8, 4) is 5.69 Å². The zero-order chi connectivity index (χ0) is 18.4. The standard InChI is InChI=1S/C15H13N3O.C6H13N/c16-8-11-2-1-3-14(7-11)18-5-4-13-6-12(10-19)9-17-15(13)18;1-7-5-3-2-4-6-7/h1-7,9-10H,8,16H2;2-6H2,1H3. The molecule has 0 unspecified atom stereocenters.